The van der Waals surface area contributed by atoms with Crippen molar-refractivity contribution in [1.29, 1.82) is 0 Å². The van der Waals surface area contributed by atoms with E-state index >= 15 is 0 Å². The summed E-state index contributed by atoms with van der Waals surface area (Å²) in [7, 11) is 0. The zero-order valence-electron chi connectivity index (χ0n) is 20.9. The number of aliphatic hydroxyl groups excluding tert-OH is 1. The van der Waals surface area contributed by atoms with Crippen molar-refractivity contribution < 1.29 is 9.50 Å². The molecule has 1 atom stereocenters. The van der Waals surface area contributed by atoms with Crippen molar-refractivity contribution in [2.24, 2.45) is 0 Å². The third-order valence-electron chi connectivity index (χ3n) is 6.60. The summed E-state index contributed by atoms with van der Waals surface area (Å²) in [5, 5.41) is 18.7. The zero-order valence-corrected chi connectivity index (χ0v) is 20.9. The van der Waals surface area contributed by atoms with Gasteiger partial charge in [-0.1, -0.05) is 12.1 Å². The first-order valence-electron chi connectivity index (χ1n) is 12.2. The van der Waals surface area contributed by atoms with E-state index in [9.17, 15) is 9.50 Å². The second kappa shape index (κ2) is 9.64. The number of pyridine rings is 1. The minimum absolute atomic E-state index is 0.0250. The van der Waals surface area contributed by atoms with Crippen molar-refractivity contribution in [3.63, 3.8) is 0 Å². The van der Waals surface area contributed by atoms with Crippen LogP contribution in [-0.2, 0) is 0 Å². The number of benzene rings is 1. The van der Waals surface area contributed by atoms with Crippen LogP contribution in [0.2, 0.25) is 0 Å². The first kappa shape index (κ1) is 23.7. The van der Waals surface area contributed by atoms with Gasteiger partial charge in [-0.25, -0.2) is 13.9 Å². The highest BCUT2D eigenvalue weighted by molar-refractivity contribution is 5.66. The van der Waals surface area contributed by atoms with Crippen molar-refractivity contribution in [1.82, 2.24) is 38.9 Å². The first-order chi connectivity index (χ1) is 18.5. The Morgan fingerprint density at radius 2 is 1.63 bits per heavy atom. The molecule has 1 N–H and O–H groups in total. The molecular formula is C28H25FN8O. The van der Waals surface area contributed by atoms with E-state index in [-0.39, 0.29) is 18.5 Å². The molecule has 5 aromatic heterocycles. The highest BCUT2D eigenvalue weighted by Gasteiger charge is 2.17. The Hall–Kier alpha value is -4.70. The Balaban J connectivity index is 1.31. The van der Waals surface area contributed by atoms with Crippen LogP contribution in [0.5, 0.6) is 0 Å². The fourth-order valence-electron chi connectivity index (χ4n) is 4.65. The number of aryl methyl sites for hydroxylation is 2. The number of aliphatic hydroxyl groups is 1. The molecule has 9 nitrogen and oxygen atoms in total. The Bertz CT molecular complexity index is 1710. The van der Waals surface area contributed by atoms with Crippen LogP contribution in [0.1, 0.15) is 29.4 Å². The molecule has 0 saturated heterocycles. The molecule has 6 aromatic rings. The second-order valence-electron chi connectivity index (χ2n) is 9.16. The summed E-state index contributed by atoms with van der Waals surface area (Å²) in [5.74, 6) is 0.313. The van der Waals surface area contributed by atoms with E-state index in [0.29, 0.717) is 29.4 Å². The zero-order chi connectivity index (χ0) is 26.2. The summed E-state index contributed by atoms with van der Waals surface area (Å²) in [4.78, 5) is 14.0. The fraction of sp³-hybridized carbons (Fsp3) is 0.179. The van der Waals surface area contributed by atoms with Crippen LogP contribution in [0.15, 0.2) is 79.5 Å². The van der Waals surface area contributed by atoms with E-state index in [1.165, 1.54) is 12.1 Å². The third kappa shape index (κ3) is 4.35. The van der Waals surface area contributed by atoms with E-state index < -0.39 is 0 Å². The van der Waals surface area contributed by atoms with Crippen molar-refractivity contribution >= 4 is 5.65 Å². The molecule has 0 amide bonds. The lowest BCUT2D eigenvalue weighted by Gasteiger charge is -2.17. The predicted octanol–water partition coefficient (Wildman–Crippen LogP) is 4.57. The van der Waals surface area contributed by atoms with Crippen LogP contribution < -0.4 is 0 Å². The molecule has 1 unspecified atom stereocenters. The molecule has 0 aliphatic heterocycles. The summed E-state index contributed by atoms with van der Waals surface area (Å²) in [6.45, 7) is 4.03. The third-order valence-corrected chi connectivity index (χ3v) is 6.60. The summed E-state index contributed by atoms with van der Waals surface area (Å²) in [6.07, 6.45) is 9.30. The van der Waals surface area contributed by atoms with Gasteiger partial charge in [0.15, 0.2) is 5.65 Å². The molecule has 5 heterocycles. The van der Waals surface area contributed by atoms with Gasteiger partial charge in [-0.15, -0.1) is 5.10 Å². The molecule has 6 rings (SSSR count). The summed E-state index contributed by atoms with van der Waals surface area (Å²) in [6, 6.07) is 14.0. The molecule has 1 aromatic carbocycles. The van der Waals surface area contributed by atoms with Gasteiger partial charge >= 0.3 is 0 Å². The quantitative estimate of drug-likeness (QED) is 0.339. The number of rotatable bonds is 7. The average molecular weight is 509 g/mol. The number of halogens is 1. The van der Waals surface area contributed by atoms with E-state index in [2.05, 4.69) is 15.2 Å². The second-order valence-corrected chi connectivity index (χ2v) is 9.16. The summed E-state index contributed by atoms with van der Waals surface area (Å²) >= 11 is 0. The van der Waals surface area contributed by atoms with Gasteiger partial charge in [-0.2, -0.15) is 10.1 Å². The van der Waals surface area contributed by atoms with Crippen LogP contribution in [0.3, 0.4) is 0 Å². The summed E-state index contributed by atoms with van der Waals surface area (Å²) in [5.41, 5.74) is 6.71. The first-order valence-corrected chi connectivity index (χ1v) is 12.2. The maximum atomic E-state index is 13.4. The molecule has 0 aliphatic rings. The Morgan fingerprint density at radius 3 is 2.37 bits per heavy atom. The van der Waals surface area contributed by atoms with Gasteiger partial charge in [0.25, 0.3) is 5.95 Å². The van der Waals surface area contributed by atoms with E-state index in [0.717, 1.165) is 28.1 Å². The predicted molar refractivity (Wildman–Crippen MR) is 140 cm³/mol. The molecule has 0 saturated carbocycles. The SMILES string of the molecule is Cc1ccc(C)n1-c1nc2cc(-c3cncc(-c4cnn(C(CCO)c5ccc(F)cc5)c4)n3)ccn2n1. The smallest absolute Gasteiger partial charge is 0.254 e. The molecule has 0 radical (unpaired) electrons. The lowest BCUT2D eigenvalue weighted by atomic mass is 10.0. The number of fused-ring (bicyclic) bond motifs is 1. The van der Waals surface area contributed by atoms with Crippen LogP contribution in [0, 0.1) is 19.7 Å². The van der Waals surface area contributed by atoms with Crippen molar-refractivity contribution in [2.45, 2.75) is 26.3 Å². The number of hydrogen-bond acceptors (Lipinski definition) is 6. The van der Waals surface area contributed by atoms with Crippen molar-refractivity contribution in [3.8, 4) is 28.5 Å². The van der Waals surface area contributed by atoms with E-state index in [4.69, 9.17) is 9.97 Å². The average Bonchev–Trinajstić information content (AvgIpc) is 3.66. The van der Waals surface area contributed by atoms with E-state index in [1.54, 1.807) is 39.9 Å². The normalized spacial score (nSPS) is 12.3. The molecule has 0 bridgehead atoms. The summed E-state index contributed by atoms with van der Waals surface area (Å²) < 4.78 is 19.0. The van der Waals surface area contributed by atoms with Gasteiger partial charge in [0, 0.05) is 41.5 Å². The van der Waals surface area contributed by atoms with Gasteiger partial charge in [-0.05, 0) is 62.2 Å². The molecule has 0 aliphatic carbocycles. The largest absolute Gasteiger partial charge is 0.396 e. The van der Waals surface area contributed by atoms with Gasteiger partial charge in [0.2, 0.25) is 0 Å². The standard InChI is InChI=1S/C28H25FN8O/c1-18-3-4-19(2)37(18)28-33-27-13-21(9-11-35(27)34-28)24-15-30-16-25(32-24)22-14-31-36(17-22)26(10-12-38)20-5-7-23(29)8-6-20/h3-9,11,13-17,26,38H,10,12H2,1-2H3. The number of nitrogens with zero attached hydrogens (tertiary/aromatic N) is 8. The lowest BCUT2D eigenvalue weighted by molar-refractivity contribution is 0.263. The van der Waals surface area contributed by atoms with Gasteiger partial charge in [0.05, 0.1) is 36.0 Å². The molecule has 0 spiro atoms. The number of hydrogen-bond donors (Lipinski definition) is 1. The Kier molecular flexibility index (Phi) is 6.01. The van der Waals surface area contributed by atoms with Gasteiger partial charge < -0.3 is 5.11 Å². The Morgan fingerprint density at radius 1 is 0.895 bits per heavy atom. The highest BCUT2D eigenvalue weighted by atomic mass is 19.1. The van der Waals surface area contributed by atoms with Crippen molar-refractivity contribution in [2.75, 3.05) is 6.61 Å². The minimum Gasteiger partial charge on any atom is -0.396 e. The van der Waals surface area contributed by atoms with Crippen LogP contribution in [-0.4, -0.2) is 50.6 Å². The maximum Gasteiger partial charge on any atom is 0.254 e. The maximum absolute atomic E-state index is 13.4. The molecule has 38 heavy (non-hydrogen) atoms. The topological polar surface area (TPSA) is 99.0 Å². The Labute approximate surface area is 217 Å². The fourth-order valence-corrected chi connectivity index (χ4v) is 4.65. The van der Waals surface area contributed by atoms with Crippen LogP contribution in [0.25, 0.3) is 34.1 Å². The highest BCUT2D eigenvalue weighted by Crippen LogP contribution is 2.26. The van der Waals surface area contributed by atoms with Crippen molar-refractivity contribution in [3.05, 3.63) is 102 Å². The van der Waals surface area contributed by atoms with Crippen LogP contribution in [0.4, 0.5) is 4.39 Å². The van der Waals surface area contributed by atoms with Gasteiger partial charge in [-0.3, -0.25) is 14.2 Å². The van der Waals surface area contributed by atoms with Gasteiger partial charge in [0.1, 0.15) is 5.82 Å². The molecular weight excluding hydrogens is 483 g/mol. The van der Waals surface area contributed by atoms with E-state index in [1.807, 2.05) is 55.1 Å². The molecule has 0 fully saturated rings. The molecule has 190 valence electrons. The lowest BCUT2D eigenvalue weighted by Crippen LogP contribution is -2.13. The number of aromatic nitrogens is 8. The minimum atomic E-state index is -0.305. The molecule has 10 heteroatoms. The monoisotopic (exact) mass is 508 g/mol. The van der Waals surface area contributed by atoms with Crippen LogP contribution >= 0.6 is 0 Å².